The first-order valence-corrected chi connectivity index (χ1v) is 9.53. The van der Waals surface area contributed by atoms with E-state index >= 15 is 0 Å². The summed E-state index contributed by atoms with van der Waals surface area (Å²) in [6.07, 6.45) is 7.89. The van der Waals surface area contributed by atoms with Gasteiger partial charge >= 0.3 is 5.69 Å². The average Bonchev–Trinajstić information content (AvgIpc) is 3.27. The highest BCUT2D eigenvalue weighted by molar-refractivity contribution is 5.90. The third kappa shape index (κ3) is 3.01. The number of rotatable bonds is 5. The number of hydrogen-bond acceptors (Lipinski definition) is 6. The van der Waals surface area contributed by atoms with Crippen molar-refractivity contribution in [3.05, 3.63) is 58.8 Å². The van der Waals surface area contributed by atoms with Crippen molar-refractivity contribution in [2.45, 2.75) is 25.7 Å². The Bertz CT molecular complexity index is 1360. The molecule has 0 aromatic carbocycles. The van der Waals surface area contributed by atoms with Crippen molar-refractivity contribution in [2.75, 3.05) is 6.61 Å². The molecule has 0 aliphatic heterocycles. The van der Waals surface area contributed by atoms with Crippen LogP contribution in [-0.2, 0) is 13.1 Å². The molecule has 9 nitrogen and oxygen atoms in total. The molecule has 152 valence electrons. The number of aliphatic hydroxyl groups excluding tert-OH is 1. The van der Waals surface area contributed by atoms with Crippen molar-refractivity contribution >= 4 is 22.2 Å². The number of allylic oxidation sites excluding steroid dienone is 4. The van der Waals surface area contributed by atoms with E-state index in [4.69, 9.17) is 5.11 Å². The molecule has 10 heteroatoms. The van der Waals surface area contributed by atoms with Crippen molar-refractivity contribution in [1.29, 1.82) is 0 Å². The van der Waals surface area contributed by atoms with Gasteiger partial charge in [0.2, 0.25) is 0 Å². The molecule has 0 spiro atoms. The quantitative estimate of drug-likeness (QED) is 0.521. The molecular weight excluding hydrogens is 389 g/mol. The molecule has 0 amide bonds. The zero-order valence-corrected chi connectivity index (χ0v) is 15.9. The van der Waals surface area contributed by atoms with E-state index in [0.717, 1.165) is 5.39 Å². The number of aliphatic hydroxyl groups is 1. The molecule has 4 aromatic heterocycles. The van der Waals surface area contributed by atoms with Crippen LogP contribution >= 0.6 is 0 Å². The Hall–Kier alpha value is -3.66. The molecule has 1 atom stereocenters. The molecule has 0 fully saturated rings. The Kier molecular flexibility index (Phi) is 4.47. The number of alkyl halides is 1. The molecule has 2 N–H and O–H groups in total. The summed E-state index contributed by atoms with van der Waals surface area (Å²) in [6, 6.07) is 3.65. The Morgan fingerprint density at radius 1 is 1.33 bits per heavy atom. The van der Waals surface area contributed by atoms with Gasteiger partial charge in [-0.25, -0.2) is 28.8 Å². The largest absolute Gasteiger partial charge is 0.395 e. The van der Waals surface area contributed by atoms with Crippen LogP contribution in [0.1, 0.15) is 6.42 Å². The standard InChI is InChI=1S/C20H18FN7O2/c21-14-6-2-1-4-12(14)11-28-19-13(5-3-7-22-19)16(26-28)18-23-10-15-17(24-18)25-20(30)27(15)8-9-29/h1-5,7,10,14,29H,6,8-9,11H2,(H,23,24,25,30). The number of imidazole rings is 1. The lowest BCUT2D eigenvalue weighted by Gasteiger charge is -2.14. The summed E-state index contributed by atoms with van der Waals surface area (Å²) in [5.74, 6) is 0.325. The third-order valence-electron chi connectivity index (χ3n) is 5.10. The SMILES string of the molecule is O=c1[nH]c2nc(-c3nn(CC4=CC=CCC4F)c4ncccc34)ncc2n1CCO. The van der Waals surface area contributed by atoms with E-state index in [0.29, 0.717) is 40.3 Å². The zero-order chi connectivity index (χ0) is 20.7. The third-order valence-corrected chi connectivity index (χ3v) is 5.10. The summed E-state index contributed by atoms with van der Waals surface area (Å²) >= 11 is 0. The van der Waals surface area contributed by atoms with E-state index in [1.165, 1.54) is 10.8 Å². The van der Waals surface area contributed by atoms with Gasteiger partial charge in [-0.3, -0.25) is 9.55 Å². The van der Waals surface area contributed by atoms with Crippen molar-refractivity contribution in [3.8, 4) is 11.5 Å². The normalized spacial score (nSPS) is 16.5. The molecule has 1 aliphatic rings. The van der Waals surface area contributed by atoms with Crippen molar-refractivity contribution in [3.63, 3.8) is 0 Å². The number of hydrogen-bond donors (Lipinski definition) is 2. The molecule has 0 bridgehead atoms. The summed E-state index contributed by atoms with van der Waals surface area (Å²) in [5, 5.41) is 14.5. The van der Waals surface area contributed by atoms with Crippen LogP contribution in [0.2, 0.25) is 0 Å². The first kappa shape index (κ1) is 18.4. The molecule has 4 heterocycles. The van der Waals surface area contributed by atoms with Crippen LogP contribution in [0, 0.1) is 0 Å². The number of halogens is 1. The summed E-state index contributed by atoms with van der Waals surface area (Å²) in [4.78, 5) is 28.0. The van der Waals surface area contributed by atoms with E-state index < -0.39 is 6.17 Å². The van der Waals surface area contributed by atoms with Crippen molar-refractivity contribution in [2.24, 2.45) is 0 Å². The number of nitrogens with zero attached hydrogens (tertiary/aromatic N) is 6. The Balaban J connectivity index is 1.62. The second kappa shape index (κ2) is 7.30. The molecule has 0 saturated heterocycles. The number of pyridine rings is 1. The summed E-state index contributed by atoms with van der Waals surface area (Å²) in [6.45, 7) is 0.248. The fourth-order valence-corrected chi connectivity index (χ4v) is 3.63. The lowest BCUT2D eigenvalue weighted by atomic mass is 10.0. The van der Waals surface area contributed by atoms with Crippen LogP contribution in [0.3, 0.4) is 0 Å². The number of fused-ring (bicyclic) bond motifs is 2. The fourth-order valence-electron chi connectivity index (χ4n) is 3.63. The van der Waals surface area contributed by atoms with Gasteiger partial charge in [0, 0.05) is 12.6 Å². The maximum Gasteiger partial charge on any atom is 0.327 e. The van der Waals surface area contributed by atoms with Crippen LogP contribution in [0.5, 0.6) is 0 Å². The first-order valence-electron chi connectivity index (χ1n) is 9.53. The van der Waals surface area contributed by atoms with Crippen LogP contribution in [-0.4, -0.2) is 52.2 Å². The predicted molar refractivity (Wildman–Crippen MR) is 108 cm³/mol. The van der Waals surface area contributed by atoms with E-state index in [1.54, 1.807) is 29.1 Å². The van der Waals surface area contributed by atoms with Gasteiger partial charge < -0.3 is 5.11 Å². The van der Waals surface area contributed by atoms with Gasteiger partial charge in [-0.05, 0) is 17.7 Å². The van der Waals surface area contributed by atoms with Gasteiger partial charge in [-0.15, -0.1) is 0 Å². The van der Waals surface area contributed by atoms with Crippen LogP contribution < -0.4 is 5.69 Å². The van der Waals surface area contributed by atoms with Gasteiger partial charge in [0.15, 0.2) is 17.1 Å². The molecular formula is C20H18FN7O2. The zero-order valence-electron chi connectivity index (χ0n) is 15.9. The highest BCUT2D eigenvalue weighted by Crippen LogP contribution is 2.27. The number of H-pyrrole nitrogens is 1. The van der Waals surface area contributed by atoms with Crippen LogP contribution in [0.25, 0.3) is 33.7 Å². The van der Waals surface area contributed by atoms with Gasteiger partial charge in [-0.1, -0.05) is 18.2 Å². The Morgan fingerprint density at radius 2 is 2.23 bits per heavy atom. The van der Waals surface area contributed by atoms with Gasteiger partial charge in [0.05, 0.1) is 31.3 Å². The lowest BCUT2D eigenvalue weighted by molar-refractivity contribution is 0.276. The minimum atomic E-state index is -1.05. The summed E-state index contributed by atoms with van der Waals surface area (Å²) in [5.41, 5.74) is 2.21. The predicted octanol–water partition coefficient (Wildman–Crippen LogP) is 1.75. The molecule has 0 saturated carbocycles. The Morgan fingerprint density at radius 3 is 3.07 bits per heavy atom. The second-order valence-electron chi connectivity index (χ2n) is 6.99. The summed E-state index contributed by atoms with van der Waals surface area (Å²) < 4.78 is 17.3. The molecule has 30 heavy (non-hydrogen) atoms. The average molecular weight is 407 g/mol. The Labute approximate surface area is 169 Å². The summed E-state index contributed by atoms with van der Waals surface area (Å²) in [7, 11) is 0. The maximum absolute atomic E-state index is 14.3. The van der Waals surface area contributed by atoms with Gasteiger partial charge in [0.1, 0.15) is 17.4 Å². The van der Waals surface area contributed by atoms with E-state index in [1.807, 2.05) is 12.1 Å². The first-order chi connectivity index (χ1) is 14.7. The minimum Gasteiger partial charge on any atom is -0.395 e. The molecule has 0 radical (unpaired) electrons. The fraction of sp³-hybridized carbons (Fsp3) is 0.250. The van der Waals surface area contributed by atoms with Crippen LogP contribution in [0.4, 0.5) is 4.39 Å². The van der Waals surface area contributed by atoms with Crippen molar-refractivity contribution < 1.29 is 9.50 Å². The van der Waals surface area contributed by atoms with Crippen molar-refractivity contribution in [1.82, 2.24) is 34.3 Å². The van der Waals surface area contributed by atoms with Gasteiger partial charge in [0.25, 0.3) is 0 Å². The highest BCUT2D eigenvalue weighted by atomic mass is 19.1. The molecule has 4 aromatic rings. The number of aromatic nitrogens is 7. The monoisotopic (exact) mass is 407 g/mol. The van der Waals surface area contributed by atoms with E-state index in [-0.39, 0.29) is 25.4 Å². The number of nitrogens with one attached hydrogen (secondary N) is 1. The topological polar surface area (TPSA) is 115 Å². The smallest absolute Gasteiger partial charge is 0.327 e. The molecule has 1 unspecified atom stereocenters. The molecule has 1 aliphatic carbocycles. The lowest BCUT2D eigenvalue weighted by Crippen LogP contribution is -2.18. The maximum atomic E-state index is 14.3. The number of aromatic amines is 1. The highest BCUT2D eigenvalue weighted by Gasteiger charge is 2.20. The van der Waals surface area contributed by atoms with E-state index in [9.17, 15) is 9.18 Å². The van der Waals surface area contributed by atoms with Gasteiger partial charge in [-0.2, -0.15) is 5.10 Å². The van der Waals surface area contributed by atoms with Crippen LogP contribution in [0.15, 0.2) is 53.1 Å². The minimum absolute atomic E-state index is 0.150. The second-order valence-corrected chi connectivity index (χ2v) is 6.99. The molecule has 5 rings (SSSR count). The van der Waals surface area contributed by atoms with E-state index in [2.05, 4.69) is 25.0 Å².